The van der Waals surface area contributed by atoms with Crippen molar-refractivity contribution in [1.82, 2.24) is 10.3 Å². The molecule has 1 aromatic carbocycles. The minimum absolute atomic E-state index is 0.199. The molecular weight excluding hydrogens is 232 g/mol. The van der Waals surface area contributed by atoms with Gasteiger partial charge in [-0.25, -0.2) is 0 Å². The number of fused-ring (bicyclic) bond motifs is 1. The van der Waals surface area contributed by atoms with Gasteiger partial charge in [-0.2, -0.15) is 0 Å². The SMILES string of the molecule is CCCNC(c1ccc2ncccc2c1)C(C)(C)C. The Labute approximate surface area is 116 Å². The Morgan fingerprint density at radius 3 is 2.68 bits per heavy atom. The number of hydrogen-bond acceptors (Lipinski definition) is 2. The molecule has 0 bridgehead atoms. The predicted octanol–water partition coefficient (Wildman–Crippen LogP) is 4.32. The number of aromatic nitrogens is 1. The molecule has 102 valence electrons. The minimum atomic E-state index is 0.199. The molecule has 1 N–H and O–H groups in total. The molecule has 0 saturated heterocycles. The Hall–Kier alpha value is -1.41. The molecule has 0 saturated carbocycles. The van der Waals surface area contributed by atoms with Crippen molar-refractivity contribution in [2.75, 3.05) is 6.54 Å². The van der Waals surface area contributed by atoms with E-state index >= 15 is 0 Å². The molecule has 0 spiro atoms. The fourth-order valence-corrected chi connectivity index (χ4v) is 2.49. The molecule has 0 fully saturated rings. The van der Waals surface area contributed by atoms with Crippen molar-refractivity contribution in [2.24, 2.45) is 5.41 Å². The van der Waals surface area contributed by atoms with Gasteiger partial charge in [-0.3, -0.25) is 4.98 Å². The molecule has 0 aliphatic carbocycles. The second-order valence-corrected chi connectivity index (χ2v) is 6.21. The third-order valence-corrected chi connectivity index (χ3v) is 3.42. The van der Waals surface area contributed by atoms with E-state index in [-0.39, 0.29) is 5.41 Å². The molecule has 0 amide bonds. The summed E-state index contributed by atoms with van der Waals surface area (Å²) < 4.78 is 0. The second-order valence-electron chi connectivity index (χ2n) is 6.21. The van der Waals surface area contributed by atoms with Crippen molar-refractivity contribution in [3.05, 3.63) is 42.1 Å². The van der Waals surface area contributed by atoms with E-state index in [1.165, 1.54) is 10.9 Å². The van der Waals surface area contributed by atoms with E-state index < -0.39 is 0 Å². The summed E-state index contributed by atoms with van der Waals surface area (Å²) in [5.74, 6) is 0. The number of benzene rings is 1. The molecule has 2 nitrogen and oxygen atoms in total. The van der Waals surface area contributed by atoms with Gasteiger partial charge in [-0.15, -0.1) is 0 Å². The van der Waals surface area contributed by atoms with E-state index in [2.05, 4.69) is 62.3 Å². The summed E-state index contributed by atoms with van der Waals surface area (Å²) in [6.45, 7) is 10.1. The summed E-state index contributed by atoms with van der Waals surface area (Å²) in [6, 6.07) is 11.1. The minimum Gasteiger partial charge on any atom is -0.309 e. The van der Waals surface area contributed by atoms with Crippen LogP contribution in [0, 0.1) is 5.41 Å². The van der Waals surface area contributed by atoms with Gasteiger partial charge in [-0.1, -0.05) is 39.8 Å². The van der Waals surface area contributed by atoms with Crippen LogP contribution < -0.4 is 5.32 Å². The van der Waals surface area contributed by atoms with Crippen molar-refractivity contribution in [3.63, 3.8) is 0 Å². The van der Waals surface area contributed by atoms with Crippen LogP contribution in [0.15, 0.2) is 36.5 Å². The summed E-state index contributed by atoms with van der Waals surface area (Å²) in [5.41, 5.74) is 2.61. The van der Waals surface area contributed by atoms with Gasteiger partial charge in [0.25, 0.3) is 0 Å². The number of rotatable bonds is 4. The Kier molecular flexibility index (Phi) is 4.20. The monoisotopic (exact) mass is 256 g/mol. The van der Waals surface area contributed by atoms with Gasteiger partial charge < -0.3 is 5.32 Å². The summed E-state index contributed by atoms with van der Waals surface area (Å²) in [7, 11) is 0. The Balaban J connectivity index is 2.38. The highest BCUT2D eigenvalue weighted by molar-refractivity contribution is 5.79. The van der Waals surface area contributed by atoms with E-state index in [0.717, 1.165) is 18.5 Å². The zero-order valence-corrected chi connectivity index (χ0v) is 12.4. The second kappa shape index (κ2) is 5.70. The molecule has 0 radical (unpaired) electrons. The van der Waals surface area contributed by atoms with Crippen molar-refractivity contribution in [2.45, 2.75) is 40.2 Å². The molecule has 0 aliphatic rings. The molecule has 2 rings (SSSR count). The molecule has 1 heterocycles. The molecule has 1 atom stereocenters. The average molecular weight is 256 g/mol. The zero-order chi connectivity index (χ0) is 13.9. The van der Waals surface area contributed by atoms with Gasteiger partial charge >= 0.3 is 0 Å². The maximum Gasteiger partial charge on any atom is 0.0702 e. The van der Waals surface area contributed by atoms with Crippen LogP contribution in [0.1, 0.15) is 45.7 Å². The van der Waals surface area contributed by atoms with Gasteiger partial charge in [-0.05, 0) is 42.1 Å². The number of nitrogens with zero attached hydrogens (tertiary/aromatic N) is 1. The quantitative estimate of drug-likeness (QED) is 0.881. The summed E-state index contributed by atoms with van der Waals surface area (Å²) in [4.78, 5) is 4.39. The Morgan fingerprint density at radius 2 is 2.00 bits per heavy atom. The van der Waals surface area contributed by atoms with Gasteiger partial charge in [0.1, 0.15) is 0 Å². The van der Waals surface area contributed by atoms with Crippen LogP contribution in [0.25, 0.3) is 10.9 Å². The van der Waals surface area contributed by atoms with E-state index in [4.69, 9.17) is 0 Å². The van der Waals surface area contributed by atoms with Crippen LogP contribution in [0.5, 0.6) is 0 Å². The topological polar surface area (TPSA) is 24.9 Å². The van der Waals surface area contributed by atoms with Crippen LogP contribution >= 0.6 is 0 Å². The smallest absolute Gasteiger partial charge is 0.0702 e. The maximum atomic E-state index is 4.39. The van der Waals surface area contributed by atoms with Crippen LogP contribution in [-0.2, 0) is 0 Å². The van der Waals surface area contributed by atoms with Gasteiger partial charge in [0.15, 0.2) is 0 Å². The van der Waals surface area contributed by atoms with Crippen molar-refractivity contribution in [1.29, 1.82) is 0 Å². The van der Waals surface area contributed by atoms with Crippen molar-refractivity contribution < 1.29 is 0 Å². The third kappa shape index (κ3) is 3.32. The maximum absolute atomic E-state index is 4.39. The highest BCUT2D eigenvalue weighted by atomic mass is 14.9. The van der Waals surface area contributed by atoms with Gasteiger partial charge in [0.2, 0.25) is 0 Å². The lowest BCUT2D eigenvalue weighted by atomic mass is 9.82. The molecule has 2 heteroatoms. The molecule has 0 aliphatic heterocycles. The third-order valence-electron chi connectivity index (χ3n) is 3.42. The highest BCUT2D eigenvalue weighted by Gasteiger charge is 2.25. The lowest BCUT2D eigenvalue weighted by Gasteiger charge is -2.32. The number of nitrogens with one attached hydrogen (secondary N) is 1. The van der Waals surface area contributed by atoms with Crippen LogP contribution in [0.3, 0.4) is 0 Å². The lowest BCUT2D eigenvalue weighted by molar-refractivity contribution is 0.273. The fourth-order valence-electron chi connectivity index (χ4n) is 2.49. The first-order valence-corrected chi connectivity index (χ1v) is 7.10. The molecule has 19 heavy (non-hydrogen) atoms. The van der Waals surface area contributed by atoms with E-state index in [1.807, 2.05) is 12.3 Å². The number of pyridine rings is 1. The number of hydrogen-bond donors (Lipinski definition) is 1. The molecular formula is C17H24N2. The summed E-state index contributed by atoms with van der Waals surface area (Å²) >= 11 is 0. The van der Waals surface area contributed by atoms with E-state index in [0.29, 0.717) is 6.04 Å². The Morgan fingerprint density at radius 1 is 1.21 bits per heavy atom. The summed E-state index contributed by atoms with van der Waals surface area (Å²) in [6.07, 6.45) is 3.00. The lowest BCUT2D eigenvalue weighted by Crippen LogP contribution is -2.32. The first kappa shape index (κ1) is 14.0. The van der Waals surface area contributed by atoms with Crippen LogP contribution in [0.4, 0.5) is 0 Å². The Bertz CT molecular complexity index is 540. The predicted molar refractivity (Wildman–Crippen MR) is 82.2 cm³/mol. The first-order valence-electron chi connectivity index (χ1n) is 7.10. The van der Waals surface area contributed by atoms with Crippen LogP contribution in [-0.4, -0.2) is 11.5 Å². The average Bonchev–Trinajstić information content (AvgIpc) is 2.37. The zero-order valence-electron chi connectivity index (χ0n) is 12.4. The standard InChI is InChI=1S/C17H24N2/c1-5-10-19-16(17(2,3)4)14-8-9-15-13(12-14)7-6-11-18-15/h6-9,11-12,16,19H,5,10H2,1-4H3. The largest absolute Gasteiger partial charge is 0.309 e. The normalized spacial score (nSPS) is 13.7. The molecule has 1 aromatic heterocycles. The fraction of sp³-hybridized carbons (Fsp3) is 0.471. The van der Waals surface area contributed by atoms with E-state index in [9.17, 15) is 0 Å². The van der Waals surface area contributed by atoms with Gasteiger partial charge in [0.05, 0.1) is 5.52 Å². The first-order chi connectivity index (χ1) is 9.02. The highest BCUT2D eigenvalue weighted by Crippen LogP contribution is 2.33. The molecule has 1 unspecified atom stereocenters. The van der Waals surface area contributed by atoms with Gasteiger partial charge in [0, 0.05) is 17.6 Å². The van der Waals surface area contributed by atoms with E-state index in [1.54, 1.807) is 0 Å². The van der Waals surface area contributed by atoms with Crippen LogP contribution in [0.2, 0.25) is 0 Å². The molecule has 2 aromatic rings. The summed E-state index contributed by atoms with van der Waals surface area (Å²) in [5, 5.41) is 4.89. The van der Waals surface area contributed by atoms with Crippen molar-refractivity contribution >= 4 is 10.9 Å². The van der Waals surface area contributed by atoms with Crippen molar-refractivity contribution in [3.8, 4) is 0 Å².